The molecular weight excluding hydrogens is 293 g/mol. The number of rotatable bonds is 3. The van der Waals surface area contributed by atoms with E-state index in [2.05, 4.69) is 24.1 Å². The Bertz CT molecular complexity index is 759. The van der Waals surface area contributed by atoms with Crippen molar-refractivity contribution in [1.29, 1.82) is 0 Å². The third kappa shape index (κ3) is 2.20. The molecule has 0 unspecified atom stereocenters. The van der Waals surface area contributed by atoms with Crippen molar-refractivity contribution < 1.29 is 14.2 Å². The number of phenolic OH excluding ortho intramolecular Hbond substituents is 1. The summed E-state index contributed by atoms with van der Waals surface area (Å²) in [7, 11) is 2.14. The van der Waals surface area contributed by atoms with Gasteiger partial charge in [0.2, 0.25) is 0 Å². The largest absolute Gasteiger partial charge is 0.507 e. The fourth-order valence-corrected chi connectivity index (χ4v) is 3.95. The Morgan fingerprint density at radius 3 is 2.91 bits per heavy atom. The van der Waals surface area contributed by atoms with Gasteiger partial charge in [-0.05, 0) is 48.7 Å². The highest BCUT2D eigenvalue weighted by Crippen LogP contribution is 2.51. The molecule has 0 aromatic heterocycles. The van der Waals surface area contributed by atoms with Crippen LogP contribution in [0.5, 0.6) is 11.5 Å². The zero-order valence-corrected chi connectivity index (χ0v) is 13.2. The molecule has 0 amide bonds. The molecule has 2 aromatic carbocycles. The van der Waals surface area contributed by atoms with Gasteiger partial charge in [-0.1, -0.05) is 18.2 Å². The fraction of sp³-hybridized carbons (Fsp3) is 0.368. The van der Waals surface area contributed by atoms with E-state index in [9.17, 15) is 9.50 Å². The van der Waals surface area contributed by atoms with Crippen molar-refractivity contribution in [2.45, 2.75) is 18.9 Å². The lowest BCUT2D eigenvalue weighted by molar-refractivity contribution is 0.225. The minimum atomic E-state index is -0.520. The topological polar surface area (TPSA) is 32.7 Å². The monoisotopic (exact) mass is 313 g/mol. The first-order chi connectivity index (χ1) is 11.2. The Hall–Kier alpha value is -2.07. The number of fused-ring (bicyclic) bond motifs is 2. The normalized spacial score (nSPS) is 19.1. The van der Waals surface area contributed by atoms with Crippen molar-refractivity contribution in [2.24, 2.45) is 0 Å². The van der Waals surface area contributed by atoms with Gasteiger partial charge in [-0.15, -0.1) is 0 Å². The predicted octanol–water partition coefficient (Wildman–Crippen LogP) is 3.49. The number of aromatic hydroxyl groups is 1. The van der Waals surface area contributed by atoms with Crippen LogP contribution in [0.2, 0.25) is 0 Å². The number of halogens is 1. The van der Waals surface area contributed by atoms with Crippen molar-refractivity contribution in [3.8, 4) is 22.6 Å². The molecule has 4 rings (SSSR count). The minimum absolute atomic E-state index is 0.0369. The predicted molar refractivity (Wildman–Crippen MR) is 87.8 cm³/mol. The molecule has 3 nitrogen and oxygen atoms in total. The van der Waals surface area contributed by atoms with E-state index in [-0.39, 0.29) is 18.4 Å². The minimum Gasteiger partial charge on any atom is -0.507 e. The van der Waals surface area contributed by atoms with E-state index in [0.29, 0.717) is 5.75 Å². The molecule has 1 N–H and O–H groups in total. The van der Waals surface area contributed by atoms with Gasteiger partial charge in [0.1, 0.15) is 24.8 Å². The second-order valence-electron chi connectivity index (χ2n) is 6.31. The summed E-state index contributed by atoms with van der Waals surface area (Å²) in [5, 5.41) is 10.4. The summed E-state index contributed by atoms with van der Waals surface area (Å²) in [4.78, 5) is 2.36. The number of hydrogen-bond acceptors (Lipinski definition) is 3. The van der Waals surface area contributed by atoms with Gasteiger partial charge in [-0.2, -0.15) is 0 Å². The molecular formula is C19H20FNO2. The van der Waals surface area contributed by atoms with E-state index in [1.807, 2.05) is 12.1 Å². The second kappa shape index (κ2) is 5.53. The number of hydrogen-bond donors (Lipinski definition) is 1. The molecule has 2 aliphatic rings. The van der Waals surface area contributed by atoms with Crippen molar-refractivity contribution in [1.82, 2.24) is 4.90 Å². The van der Waals surface area contributed by atoms with Crippen LogP contribution in [0, 0.1) is 0 Å². The lowest BCUT2D eigenvalue weighted by atomic mass is 9.76. The number of benzene rings is 2. The van der Waals surface area contributed by atoms with Gasteiger partial charge in [0.25, 0.3) is 0 Å². The van der Waals surface area contributed by atoms with Crippen LogP contribution in [0.15, 0.2) is 30.3 Å². The van der Waals surface area contributed by atoms with E-state index in [1.54, 1.807) is 6.07 Å². The van der Waals surface area contributed by atoms with Gasteiger partial charge in [0.15, 0.2) is 0 Å². The molecule has 1 atom stereocenters. The highest BCUT2D eigenvalue weighted by atomic mass is 19.1. The summed E-state index contributed by atoms with van der Waals surface area (Å²) in [6.07, 6.45) is 1.87. The van der Waals surface area contributed by atoms with Crippen LogP contribution >= 0.6 is 0 Å². The number of ether oxygens (including phenoxy) is 1. The van der Waals surface area contributed by atoms with Crippen molar-refractivity contribution in [3.05, 3.63) is 47.0 Å². The highest BCUT2D eigenvalue weighted by molar-refractivity contribution is 5.84. The maximum atomic E-state index is 12.6. The molecule has 0 radical (unpaired) electrons. The fourth-order valence-electron chi connectivity index (χ4n) is 3.95. The zero-order chi connectivity index (χ0) is 16.0. The van der Waals surface area contributed by atoms with Gasteiger partial charge < -0.3 is 9.84 Å². The van der Waals surface area contributed by atoms with E-state index in [4.69, 9.17) is 4.74 Å². The van der Waals surface area contributed by atoms with Crippen LogP contribution < -0.4 is 4.74 Å². The number of nitrogens with zero attached hydrogens (tertiary/aromatic N) is 1. The smallest absolute Gasteiger partial charge is 0.127 e. The van der Waals surface area contributed by atoms with Crippen LogP contribution in [-0.2, 0) is 12.8 Å². The van der Waals surface area contributed by atoms with Gasteiger partial charge in [-0.3, -0.25) is 4.90 Å². The van der Waals surface area contributed by atoms with Crippen LogP contribution in [0.25, 0.3) is 11.1 Å². The summed E-state index contributed by atoms with van der Waals surface area (Å²) >= 11 is 0. The van der Waals surface area contributed by atoms with E-state index < -0.39 is 6.67 Å². The van der Waals surface area contributed by atoms with Gasteiger partial charge in [0.05, 0.1) is 0 Å². The molecule has 0 bridgehead atoms. The first-order valence-corrected chi connectivity index (χ1v) is 8.06. The summed E-state index contributed by atoms with van der Waals surface area (Å²) < 4.78 is 18.3. The first kappa shape index (κ1) is 14.5. The van der Waals surface area contributed by atoms with Gasteiger partial charge >= 0.3 is 0 Å². The molecule has 0 saturated heterocycles. The van der Waals surface area contributed by atoms with Crippen LogP contribution in [0.4, 0.5) is 4.39 Å². The Morgan fingerprint density at radius 2 is 2.09 bits per heavy atom. The Morgan fingerprint density at radius 1 is 1.22 bits per heavy atom. The van der Waals surface area contributed by atoms with Gasteiger partial charge in [-0.25, -0.2) is 4.39 Å². The number of alkyl halides is 1. The van der Waals surface area contributed by atoms with E-state index in [1.165, 1.54) is 11.1 Å². The van der Waals surface area contributed by atoms with Crippen LogP contribution in [0.3, 0.4) is 0 Å². The highest BCUT2D eigenvalue weighted by Gasteiger charge is 2.35. The lowest BCUT2D eigenvalue weighted by Crippen LogP contribution is -2.35. The molecule has 1 heterocycles. The second-order valence-corrected chi connectivity index (χ2v) is 6.31. The molecule has 120 valence electrons. The standard InChI is InChI=1S/C19H20FNO2/c1-21-9-7-12-5-6-16(23-10-8-20)19-17(12)14(21)11-13-3-2-4-15(22)18(13)19/h2-6,14,22H,7-11H2,1H3/t14-/m1/s1. The van der Waals surface area contributed by atoms with Crippen molar-refractivity contribution >= 4 is 0 Å². The lowest BCUT2D eigenvalue weighted by Gasteiger charge is -2.40. The van der Waals surface area contributed by atoms with E-state index >= 15 is 0 Å². The SMILES string of the molecule is CN1CCc2ccc(OCCF)c3c2[C@H]1Cc1cccc(O)c1-3. The maximum absolute atomic E-state index is 12.6. The van der Waals surface area contributed by atoms with Crippen LogP contribution in [0.1, 0.15) is 22.7 Å². The van der Waals surface area contributed by atoms with Gasteiger partial charge in [0, 0.05) is 23.7 Å². The molecule has 1 aliphatic heterocycles. The Kier molecular flexibility index (Phi) is 3.49. The quantitative estimate of drug-likeness (QED) is 0.941. The molecule has 23 heavy (non-hydrogen) atoms. The molecule has 0 saturated carbocycles. The van der Waals surface area contributed by atoms with Crippen LogP contribution in [-0.4, -0.2) is 36.9 Å². The summed E-state index contributed by atoms with van der Waals surface area (Å²) in [6.45, 7) is 0.540. The summed E-state index contributed by atoms with van der Waals surface area (Å²) in [6, 6.07) is 9.96. The summed E-state index contributed by atoms with van der Waals surface area (Å²) in [5.74, 6) is 0.942. The molecule has 1 aliphatic carbocycles. The van der Waals surface area contributed by atoms with E-state index in [0.717, 1.165) is 36.1 Å². The molecule has 4 heteroatoms. The Balaban J connectivity index is 1.99. The Labute approximate surface area is 135 Å². The third-order valence-electron chi connectivity index (χ3n) is 5.02. The summed E-state index contributed by atoms with van der Waals surface area (Å²) in [5.41, 5.74) is 5.48. The third-order valence-corrected chi connectivity index (χ3v) is 5.02. The molecule has 0 spiro atoms. The van der Waals surface area contributed by atoms with Crippen molar-refractivity contribution in [2.75, 3.05) is 26.9 Å². The molecule has 0 fully saturated rings. The number of phenols is 1. The average Bonchev–Trinajstić information content (AvgIpc) is 2.56. The number of likely N-dealkylation sites (N-methyl/N-ethyl adjacent to an activating group) is 1. The molecule has 2 aromatic rings. The van der Waals surface area contributed by atoms with Crippen molar-refractivity contribution in [3.63, 3.8) is 0 Å². The zero-order valence-electron chi connectivity index (χ0n) is 13.2. The first-order valence-electron chi connectivity index (χ1n) is 8.06. The maximum Gasteiger partial charge on any atom is 0.127 e. The average molecular weight is 313 g/mol.